The first-order chi connectivity index (χ1) is 16.2. The van der Waals surface area contributed by atoms with Crippen molar-refractivity contribution in [3.05, 3.63) is 70.4 Å². The molecule has 0 bridgehead atoms. The van der Waals surface area contributed by atoms with Crippen LogP contribution in [0.4, 0.5) is 0 Å². The molecule has 0 aliphatic carbocycles. The molecule has 0 fully saturated rings. The lowest BCUT2D eigenvalue weighted by molar-refractivity contribution is -0.138. The largest absolute Gasteiger partial charge is 0.458 e. The smallest absolute Gasteiger partial charge is 0.338 e. The highest BCUT2D eigenvalue weighted by atomic mass is 32.2. The van der Waals surface area contributed by atoms with Gasteiger partial charge in [-0.1, -0.05) is 62.5 Å². The van der Waals surface area contributed by atoms with Gasteiger partial charge in [0, 0.05) is 18.8 Å². The summed E-state index contributed by atoms with van der Waals surface area (Å²) >= 11 is 1.47. The predicted molar refractivity (Wildman–Crippen MR) is 138 cm³/mol. The minimum Gasteiger partial charge on any atom is -0.458 e. The Balaban J connectivity index is 1.94. The lowest BCUT2D eigenvalue weighted by Crippen LogP contribution is -2.38. The molecule has 1 amide bonds. The van der Waals surface area contributed by atoms with E-state index < -0.39 is 12.0 Å². The number of hydrogen-bond donors (Lipinski definition) is 1. The SMILES string of the molecule is C=CCOC(=O)C1=C(C)N=C2SC=C(CC(=O)NCCN(C)C)N2C1c1ccc(C(C)C)cc1. The van der Waals surface area contributed by atoms with Crippen LogP contribution >= 0.6 is 11.8 Å². The number of rotatable bonds is 10. The Kier molecular flexibility index (Phi) is 8.74. The predicted octanol–water partition coefficient (Wildman–Crippen LogP) is 4.18. The van der Waals surface area contributed by atoms with Crippen LogP contribution in [-0.2, 0) is 14.3 Å². The van der Waals surface area contributed by atoms with Crippen LogP contribution in [0.1, 0.15) is 50.3 Å². The van der Waals surface area contributed by atoms with E-state index in [2.05, 4.69) is 55.0 Å². The summed E-state index contributed by atoms with van der Waals surface area (Å²) < 4.78 is 5.43. The number of ether oxygens (including phenoxy) is 1. The molecule has 2 heterocycles. The molecule has 1 aromatic rings. The van der Waals surface area contributed by atoms with E-state index in [0.717, 1.165) is 23.0 Å². The van der Waals surface area contributed by atoms with Crippen molar-refractivity contribution in [3.8, 4) is 0 Å². The minimum absolute atomic E-state index is 0.0640. The number of fused-ring (bicyclic) bond motifs is 1. The summed E-state index contributed by atoms with van der Waals surface area (Å²) in [5, 5.41) is 5.68. The van der Waals surface area contributed by atoms with Crippen molar-refractivity contribution in [1.82, 2.24) is 15.1 Å². The maximum atomic E-state index is 13.1. The lowest BCUT2D eigenvalue weighted by Gasteiger charge is -2.36. The van der Waals surface area contributed by atoms with Gasteiger partial charge in [-0.3, -0.25) is 4.79 Å². The summed E-state index contributed by atoms with van der Waals surface area (Å²) in [5.74, 6) is -0.0915. The van der Waals surface area contributed by atoms with Crippen LogP contribution in [0.15, 0.2) is 64.3 Å². The second-order valence-electron chi connectivity index (χ2n) is 8.93. The second-order valence-corrected chi connectivity index (χ2v) is 9.77. The van der Waals surface area contributed by atoms with Crippen molar-refractivity contribution in [3.63, 3.8) is 0 Å². The van der Waals surface area contributed by atoms with Gasteiger partial charge in [-0.05, 0) is 43.5 Å². The highest BCUT2D eigenvalue weighted by Crippen LogP contribution is 2.45. The molecule has 1 unspecified atom stereocenters. The Morgan fingerprint density at radius 1 is 1.29 bits per heavy atom. The maximum Gasteiger partial charge on any atom is 0.338 e. The average Bonchev–Trinajstić information content (AvgIpc) is 3.18. The van der Waals surface area contributed by atoms with Crippen molar-refractivity contribution in [2.24, 2.45) is 4.99 Å². The van der Waals surface area contributed by atoms with Crippen molar-refractivity contribution in [2.75, 3.05) is 33.8 Å². The van der Waals surface area contributed by atoms with E-state index in [9.17, 15) is 9.59 Å². The zero-order valence-electron chi connectivity index (χ0n) is 20.6. The van der Waals surface area contributed by atoms with E-state index in [4.69, 9.17) is 4.74 Å². The van der Waals surface area contributed by atoms with E-state index in [1.807, 2.05) is 36.2 Å². The number of carbonyl (C=O) groups excluding carboxylic acids is 2. The number of allylic oxidation sites excluding steroid dienone is 1. The van der Waals surface area contributed by atoms with Gasteiger partial charge in [0.15, 0.2) is 5.17 Å². The third-order valence-electron chi connectivity index (χ3n) is 5.69. The molecule has 1 atom stereocenters. The number of hydrogen-bond acceptors (Lipinski definition) is 7. The molecular formula is C26H34N4O3S. The van der Waals surface area contributed by atoms with Gasteiger partial charge in [0.25, 0.3) is 0 Å². The van der Waals surface area contributed by atoms with Crippen molar-refractivity contribution < 1.29 is 14.3 Å². The Morgan fingerprint density at radius 3 is 2.62 bits per heavy atom. The number of carbonyl (C=O) groups is 2. The molecule has 2 aliphatic heterocycles. The van der Waals surface area contributed by atoms with E-state index in [1.165, 1.54) is 17.3 Å². The molecular weight excluding hydrogens is 448 g/mol. The van der Waals surface area contributed by atoms with Crippen molar-refractivity contribution >= 4 is 28.8 Å². The Bertz CT molecular complexity index is 1020. The Hall–Kier alpha value is -2.84. The van der Waals surface area contributed by atoms with Crippen LogP contribution < -0.4 is 5.32 Å². The van der Waals surface area contributed by atoms with Gasteiger partial charge in [0.2, 0.25) is 5.91 Å². The molecule has 182 valence electrons. The standard InChI is InChI=1S/C26H34N4O3S/c1-7-14-33-25(32)23-18(4)28-26-30(24(23)20-10-8-19(9-11-20)17(2)3)21(16-34-26)15-22(31)27-12-13-29(5)6/h7-11,16-17,24H,1,12-15H2,2-6H3,(H,27,31). The molecule has 8 heteroatoms. The van der Waals surface area contributed by atoms with Gasteiger partial charge in [-0.25, -0.2) is 9.79 Å². The third-order valence-corrected chi connectivity index (χ3v) is 6.58. The quantitative estimate of drug-likeness (QED) is 0.398. The Morgan fingerprint density at radius 2 is 2.00 bits per heavy atom. The van der Waals surface area contributed by atoms with Crippen LogP contribution in [0.25, 0.3) is 0 Å². The number of thioether (sulfide) groups is 1. The Labute approximate surface area is 206 Å². The highest BCUT2D eigenvalue weighted by Gasteiger charge is 2.41. The molecule has 34 heavy (non-hydrogen) atoms. The number of nitrogens with zero attached hydrogens (tertiary/aromatic N) is 3. The van der Waals surface area contributed by atoms with Gasteiger partial charge >= 0.3 is 5.97 Å². The van der Waals surface area contributed by atoms with Crippen LogP contribution in [0, 0.1) is 0 Å². The number of amides is 1. The third kappa shape index (κ3) is 5.98. The van der Waals surface area contributed by atoms with E-state index in [0.29, 0.717) is 23.7 Å². The fraction of sp³-hybridized carbons (Fsp3) is 0.423. The lowest BCUT2D eigenvalue weighted by atomic mass is 9.92. The summed E-state index contributed by atoms with van der Waals surface area (Å²) in [6.07, 6.45) is 1.75. The van der Waals surface area contributed by atoms with Gasteiger partial charge in [0.05, 0.1) is 23.7 Å². The second kappa shape index (κ2) is 11.5. The van der Waals surface area contributed by atoms with Crippen LogP contribution in [0.3, 0.4) is 0 Å². The van der Waals surface area contributed by atoms with Gasteiger partial charge in [-0.15, -0.1) is 0 Å². The van der Waals surface area contributed by atoms with Gasteiger partial charge in [-0.2, -0.15) is 0 Å². The van der Waals surface area contributed by atoms with E-state index in [-0.39, 0.29) is 18.9 Å². The normalized spacial score (nSPS) is 17.5. The first-order valence-corrected chi connectivity index (χ1v) is 12.3. The number of esters is 1. The molecule has 0 radical (unpaired) electrons. The first kappa shape index (κ1) is 25.8. The van der Waals surface area contributed by atoms with Crippen LogP contribution in [0.5, 0.6) is 0 Å². The monoisotopic (exact) mass is 482 g/mol. The summed E-state index contributed by atoms with van der Waals surface area (Å²) in [5.41, 5.74) is 4.07. The minimum atomic E-state index is -0.429. The molecule has 0 spiro atoms. The van der Waals surface area contributed by atoms with Crippen molar-refractivity contribution in [1.29, 1.82) is 0 Å². The maximum absolute atomic E-state index is 13.1. The molecule has 2 aliphatic rings. The fourth-order valence-corrected chi connectivity index (χ4v) is 4.83. The van der Waals surface area contributed by atoms with Crippen LogP contribution in [-0.4, -0.2) is 60.6 Å². The van der Waals surface area contributed by atoms with Crippen molar-refractivity contribution in [2.45, 2.75) is 39.2 Å². The summed E-state index contributed by atoms with van der Waals surface area (Å²) in [4.78, 5) is 34.5. The molecule has 1 N–H and O–H groups in total. The zero-order valence-corrected chi connectivity index (χ0v) is 21.4. The highest BCUT2D eigenvalue weighted by molar-refractivity contribution is 8.16. The summed E-state index contributed by atoms with van der Waals surface area (Å²) in [6, 6.07) is 7.85. The summed E-state index contributed by atoms with van der Waals surface area (Å²) in [7, 11) is 3.94. The molecule has 0 saturated heterocycles. The summed E-state index contributed by atoms with van der Waals surface area (Å²) in [6.45, 7) is 11.2. The fourth-order valence-electron chi connectivity index (χ4n) is 3.87. The molecule has 7 nitrogen and oxygen atoms in total. The van der Waals surface area contributed by atoms with Gasteiger partial charge < -0.3 is 19.9 Å². The number of nitrogens with one attached hydrogen (secondary N) is 1. The number of amidine groups is 1. The topological polar surface area (TPSA) is 74.2 Å². The molecule has 0 aromatic heterocycles. The van der Waals surface area contributed by atoms with E-state index in [1.54, 1.807) is 6.08 Å². The van der Waals surface area contributed by atoms with Crippen LogP contribution in [0.2, 0.25) is 0 Å². The van der Waals surface area contributed by atoms with E-state index >= 15 is 0 Å². The number of benzene rings is 1. The molecule has 3 rings (SSSR count). The molecule has 1 aromatic carbocycles. The zero-order chi connectivity index (χ0) is 24.8. The number of aliphatic imine (C=N–C) groups is 1. The number of likely N-dealkylation sites (N-methyl/N-ethyl adjacent to an activating group) is 1. The van der Waals surface area contributed by atoms with Gasteiger partial charge in [0.1, 0.15) is 6.61 Å². The first-order valence-electron chi connectivity index (χ1n) is 11.5. The molecule has 0 saturated carbocycles. The average molecular weight is 483 g/mol.